The van der Waals surface area contributed by atoms with Crippen LogP contribution < -0.4 is 0 Å². The molecule has 1 amide bonds. The highest BCUT2D eigenvalue weighted by atomic mass is 19.1. The number of halogens is 1. The van der Waals surface area contributed by atoms with Gasteiger partial charge in [0.15, 0.2) is 0 Å². The number of pyridine rings is 1. The zero-order valence-electron chi connectivity index (χ0n) is 15.3. The first kappa shape index (κ1) is 16.6. The molecule has 0 saturated carbocycles. The number of hydrogen-bond donors (Lipinski definition) is 0. The third kappa shape index (κ3) is 2.74. The Bertz CT molecular complexity index is 1210. The number of fused-ring (bicyclic) bond motifs is 2. The summed E-state index contributed by atoms with van der Waals surface area (Å²) in [4.78, 5) is 18.6. The molecule has 0 unspecified atom stereocenters. The lowest BCUT2D eigenvalue weighted by Crippen LogP contribution is -2.23. The molecule has 0 saturated heterocycles. The highest BCUT2D eigenvalue weighted by molar-refractivity contribution is 5.97. The summed E-state index contributed by atoms with van der Waals surface area (Å²) in [6, 6.07) is 14.5. The Morgan fingerprint density at radius 1 is 1.11 bits per heavy atom. The van der Waals surface area contributed by atoms with Crippen LogP contribution in [0.25, 0.3) is 22.0 Å². The largest absolute Gasteiger partial charge is 0.328 e. The molecule has 4 aromatic rings. The number of carbonyl (C=O) groups is 1. The molecular formula is C22H17FN4O. The van der Waals surface area contributed by atoms with E-state index in [4.69, 9.17) is 0 Å². The molecule has 2 aromatic carbocycles. The second-order valence-corrected chi connectivity index (χ2v) is 7.04. The van der Waals surface area contributed by atoms with E-state index in [0.29, 0.717) is 24.2 Å². The zero-order valence-corrected chi connectivity index (χ0v) is 15.3. The molecule has 0 atom stereocenters. The summed E-state index contributed by atoms with van der Waals surface area (Å²) in [6.07, 6.45) is 3.60. The summed E-state index contributed by atoms with van der Waals surface area (Å²) < 4.78 is 15.7. The van der Waals surface area contributed by atoms with E-state index in [-0.39, 0.29) is 11.7 Å². The van der Waals surface area contributed by atoms with E-state index in [1.54, 1.807) is 21.8 Å². The van der Waals surface area contributed by atoms with Crippen molar-refractivity contribution in [3.05, 3.63) is 83.6 Å². The summed E-state index contributed by atoms with van der Waals surface area (Å²) in [7, 11) is 1.82. The molecule has 2 aromatic heterocycles. The third-order valence-corrected chi connectivity index (χ3v) is 5.09. The van der Waals surface area contributed by atoms with E-state index in [1.807, 2.05) is 43.6 Å². The molecule has 5 rings (SSSR count). The maximum Gasteiger partial charge on any atom is 0.256 e. The molecule has 6 heteroatoms. The van der Waals surface area contributed by atoms with Crippen molar-refractivity contribution in [2.24, 2.45) is 7.05 Å². The fourth-order valence-corrected chi connectivity index (χ4v) is 3.77. The van der Waals surface area contributed by atoms with Gasteiger partial charge < -0.3 is 4.90 Å². The van der Waals surface area contributed by atoms with Crippen LogP contribution in [0.3, 0.4) is 0 Å². The van der Waals surface area contributed by atoms with Gasteiger partial charge in [0.2, 0.25) is 0 Å². The minimum Gasteiger partial charge on any atom is -0.328 e. The Morgan fingerprint density at radius 2 is 1.93 bits per heavy atom. The maximum atomic E-state index is 14.0. The van der Waals surface area contributed by atoms with E-state index in [0.717, 1.165) is 27.8 Å². The van der Waals surface area contributed by atoms with E-state index in [1.165, 1.54) is 12.1 Å². The minimum atomic E-state index is -0.307. The lowest BCUT2D eigenvalue weighted by Gasteiger charge is -2.15. The molecule has 1 aliphatic heterocycles. The number of benzene rings is 2. The monoisotopic (exact) mass is 372 g/mol. The van der Waals surface area contributed by atoms with Crippen molar-refractivity contribution in [2.45, 2.75) is 13.1 Å². The van der Waals surface area contributed by atoms with Crippen LogP contribution in [0.15, 0.2) is 60.9 Å². The van der Waals surface area contributed by atoms with Gasteiger partial charge in [-0.15, -0.1) is 0 Å². The summed E-state index contributed by atoms with van der Waals surface area (Å²) in [5.74, 6) is -0.299. The van der Waals surface area contributed by atoms with Gasteiger partial charge in [0, 0.05) is 37.4 Å². The fraction of sp³-hybridized carbons (Fsp3) is 0.136. The molecule has 1 aliphatic rings. The third-order valence-electron chi connectivity index (χ3n) is 5.09. The fourth-order valence-electron chi connectivity index (χ4n) is 3.77. The van der Waals surface area contributed by atoms with Crippen LogP contribution in [0.1, 0.15) is 21.6 Å². The molecule has 0 radical (unpaired) electrons. The standard InChI is InChI=1S/C22H17FN4O/c1-26-12-19-18(9-16(23)10-20(19)25-26)15-6-4-14(5-7-15)11-27-13-21-17(22(27)28)3-2-8-24-21/h2-10,12H,11,13H2,1H3. The highest BCUT2D eigenvalue weighted by Crippen LogP contribution is 2.30. The van der Waals surface area contributed by atoms with Crippen LogP contribution in [0.5, 0.6) is 0 Å². The van der Waals surface area contributed by atoms with Crippen LogP contribution >= 0.6 is 0 Å². The number of carbonyl (C=O) groups excluding carboxylic acids is 1. The second kappa shape index (κ2) is 6.27. The summed E-state index contributed by atoms with van der Waals surface area (Å²) in [6.45, 7) is 1.04. The van der Waals surface area contributed by atoms with Crippen LogP contribution in [0, 0.1) is 5.82 Å². The van der Waals surface area contributed by atoms with Crippen molar-refractivity contribution in [2.75, 3.05) is 0 Å². The first-order valence-electron chi connectivity index (χ1n) is 9.04. The second-order valence-electron chi connectivity index (χ2n) is 7.04. The van der Waals surface area contributed by atoms with Crippen molar-refractivity contribution >= 4 is 16.8 Å². The normalized spacial score (nSPS) is 13.4. The number of amides is 1. The van der Waals surface area contributed by atoms with Crippen LogP contribution in [-0.2, 0) is 20.1 Å². The first-order chi connectivity index (χ1) is 13.6. The van der Waals surface area contributed by atoms with Gasteiger partial charge >= 0.3 is 0 Å². The SMILES string of the molecule is Cn1cc2c(-c3ccc(CN4Cc5ncccc5C4=O)cc3)cc(F)cc2n1. The topological polar surface area (TPSA) is 51.0 Å². The van der Waals surface area contributed by atoms with E-state index >= 15 is 0 Å². The molecule has 138 valence electrons. The maximum absolute atomic E-state index is 14.0. The number of aryl methyl sites for hydroxylation is 1. The Balaban J connectivity index is 1.42. The summed E-state index contributed by atoms with van der Waals surface area (Å²) in [5.41, 5.74) is 4.88. The van der Waals surface area contributed by atoms with Gasteiger partial charge in [-0.25, -0.2) is 4.39 Å². The zero-order chi connectivity index (χ0) is 19.3. The smallest absolute Gasteiger partial charge is 0.256 e. The van der Waals surface area contributed by atoms with Crippen molar-refractivity contribution in [1.82, 2.24) is 19.7 Å². The molecule has 0 fully saturated rings. The van der Waals surface area contributed by atoms with Gasteiger partial charge in [-0.2, -0.15) is 5.10 Å². The van der Waals surface area contributed by atoms with Gasteiger partial charge in [0.25, 0.3) is 5.91 Å². The predicted octanol–water partition coefficient (Wildman–Crippen LogP) is 3.93. The average Bonchev–Trinajstić information content (AvgIpc) is 3.21. The Kier molecular flexibility index (Phi) is 3.72. The van der Waals surface area contributed by atoms with Gasteiger partial charge in [-0.05, 0) is 34.9 Å². The van der Waals surface area contributed by atoms with Crippen molar-refractivity contribution in [3.8, 4) is 11.1 Å². The predicted molar refractivity (Wildman–Crippen MR) is 104 cm³/mol. The molecule has 0 bridgehead atoms. The molecular weight excluding hydrogens is 355 g/mol. The Hall–Kier alpha value is -3.54. The van der Waals surface area contributed by atoms with Crippen molar-refractivity contribution < 1.29 is 9.18 Å². The lowest BCUT2D eigenvalue weighted by molar-refractivity contribution is 0.0766. The van der Waals surface area contributed by atoms with Gasteiger partial charge in [-0.1, -0.05) is 24.3 Å². The number of hydrogen-bond acceptors (Lipinski definition) is 3. The quantitative estimate of drug-likeness (QED) is 0.548. The number of rotatable bonds is 3. The molecule has 28 heavy (non-hydrogen) atoms. The van der Waals surface area contributed by atoms with Crippen LogP contribution in [-0.4, -0.2) is 25.6 Å². The van der Waals surface area contributed by atoms with Crippen molar-refractivity contribution in [1.29, 1.82) is 0 Å². The molecule has 5 nitrogen and oxygen atoms in total. The lowest BCUT2D eigenvalue weighted by atomic mass is 10.0. The van der Waals surface area contributed by atoms with Gasteiger partial charge in [0.05, 0.1) is 23.3 Å². The van der Waals surface area contributed by atoms with E-state index < -0.39 is 0 Å². The Labute approximate surface area is 161 Å². The molecule has 3 heterocycles. The molecule has 0 aliphatic carbocycles. The molecule has 0 N–H and O–H groups in total. The van der Waals surface area contributed by atoms with E-state index in [9.17, 15) is 9.18 Å². The van der Waals surface area contributed by atoms with Gasteiger partial charge in [0.1, 0.15) is 5.82 Å². The highest BCUT2D eigenvalue weighted by Gasteiger charge is 2.27. The minimum absolute atomic E-state index is 0.00868. The van der Waals surface area contributed by atoms with Gasteiger partial charge in [-0.3, -0.25) is 14.5 Å². The number of aromatic nitrogens is 3. The van der Waals surface area contributed by atoms with E-state index in [2.05, 4.69) is 10.1 Å². The van der Waals surface area contributed by atoms with Crippen molar-refractivity contribution in [3.63, 3.8) is 0 Å². The summed E-state index contributed by atoms with van der Waals surface area (Å²) >= 11 is 0. The van der Waals surface area contributed by atoms with Crippen LogP contribution in [0.4, 0.5) is 4.39 Å². The van der Waals surface area contributed by atoms with Crippen LogP contribution in [0.2, 0.25) is 0 Å². The average molecular weight is 372 g/mol. The molecule has 0 spiro atoms. The summed E-state index contributed by atoms with van der Waals surface area (Å²) in [5, 5.41) is 5.21. The Morgan fingerprint density at radius 3 is 2.71 bits per heavy atom. The number of nitrogens with zero attached hydrogens (tertiary/aromatic N) is 4. The first-order valence-corrected chi connectivity index (χ1v) is 9.04.